The number of aryl methyl sites for hydroxylation is 2. The summed E-state index contributed by atoms with van der Waals surface area (Å²) in [6.45, 7) is 2.01. The van der Waals surface area contributed by atoms with Crippen LogP contribution in [-0.2, 0) is 17.6 Å². The minimum atomic E-state index is 0.0824. The Labute approximate surface area is 151 Å². The van der Waals surface area contributed by atoms with Gasteiger partial charge in [-0.3, -0.25) is 4.79 Å². The molecule has 1 aromatic heterocycles. The van der Waals surface area contributed by atoms with Crippen molar-refractivity contribution in [1.82, 2.24) is 10.3 Å². The Hall–Kier alpha value is -2.46. The van der Waals surface area contributed by atoms with Crippen molar-refractivity contribution in [3.8, 4) is 11.3 Å². The zero-order chi connectivity index (χ0) is 17.2. The molecule has 0 saturated carbocycles. The number of nitrogens with one attached hydrogen (secondary N) is 1. The molecule has 3 aromatic rings. The second kappa shape index (κ2) is 6.81. The van der Waals surface area contributed by atoms with Crippen LogP contribution in [0.5, 0.6) is 0 Å². The average molecular weight is 348 g/mol. The SMILES string of the molecule is Cc1nc(-c2ccc(CC(=O)N[C@@H]3CCc4ccccc43)cc2)cs1. The zero-order valence-electron chi connectivity index (χ0n) is 14.2. The fourth-order valence-electron chi connectivity index (χ4n) is 3.43. The van der Waals surface area contributed by atoms with Crippen molar-refractivity contribution in [3.63, 3.8) is 0 Å². The van der Waals surface area contributed by atoms with Crippen LogP contribution in [0.1, 0.15) is 34.2 Å². The van der Waals surface area contributed by atoms with Gasteiger partial charge >= 0.3 is 0 Å². The molecule has 4 heteroatoms. The lowest BCUT2D eigenvalue weighted by Crippen LogP contribution is -2.28. The Morgan fingerprint density at radius 1 is 1.20 bits per heavy atom. The predicted octanol–water partition coefficient (Wildman–Crippen LogP) is 4.46. The summed E-state index contributed by atoms with van der Waals surface area (Å²) in [6.07, 6.45) is 2.45. The van der Waals surface area contributed by atoms with Crippen molar-refractivity contribution in [3.05, 3.63) is 75.6 Å². The topological polar surface area (TPSA) is 42.0 Å². The highest BCUT2D eigenvalue weighted by molar-refractivity contribution is 7.09. The second-order valence-electron chi connectivity index (χ2n) is 6.48. The number of thiazole rings is 1. The van der Waals surface area contributed by atoms with E-state index < -0.39 is 0 Å². The highest BCUT2D eigenvalue weighted by Crippen LogP contribution is 2.30. The molecule has 1 N–H and O–H groups in total. The van der Waals surface area contributed by atoms with E-state index in [1.165, 1.54) is 11.1 Å². The van der Waals surface area contributed by atoms with Crippen molar-refractivity contribution < 1.29 is 4.79 Å². The van der Waals surface area contributed by atoms with Crippen molar-refractivity contribution >= 4 is 17.2 Å². The van der Waals surface area contributed by atoms with Crippen molar-refractivity contribution in [2.75, 3.05) is 0 Å². The van der Waals surface area contributed by atoms with Crippen LogP contribution in [0.2, 0.25) is 0 Å². The number of carbonyl (C=O) groups excluding carboxylic acids is 1. The highest BCUT2D eigenvalue weighted by Gasteiger charge is 2.23. The van der Waals surface area contributed by atoms with Crippen molar-refractivity contribution in [2.45, 2.75) is 32.2 Å². The number of amides is 1. The number of carbonyl (C=O) groups is 1. The van der Waals surface area contributed by atoms with Gasteiger partial charge in [-0.1, -0.05) is 48.5 Å². The van der Waals surface area contributed by atoms with E-state index in [9.17, 15) is 4.79 Å². The van der Waals surface area contributed by atoms with E-state index in [2.05, 4.69) is 33.9 Å². The maximum Gasteiger partial charge on any atom is 0.224 e. The molecule has 1 heterocycles. The number of nitrogens with zero attached hydrogens (tertiary/aromatic N) is 1. The number of rotatable bonds is 4. The molecule has 2 aromatic carbocycles. The van der Waals surface area contributed by atoms with Crippen LogP contribution in [0, 0.1) is 6.92 Å². The zero-order valence-corrected chi connectivity index (χ0v) is 15.0. The molecule has 0 unspecified atom stereocenters. The van der Waals surface area contributed by atoms with E-state index in [1.807, 2.05) is 37.3 Å². The van der Waals surface area contributed by atoms with Gasteiger partial charge in [0.2, 0.25) is 5.91 Å². The van der Waals surface area contributed by atoms with Crippen LogP contribution in [0.4, 0.5) is 0 Å². The molecule has 0 spiro atoms. The number of benzene rings is 2. The number of hydrogen-bond donors (Lipinski definition) is 1. The third kappa shape index (κ3) is 3.49. The molecule has 1 atom stereocenters. The van der Waals surface area contributed by atoms with Gasteiger partial charge in [-0.2, -0.15) is 0 Å². The summed E-state index contributed by atoms with van der Waals surface area (Å²) in [6, 6.07) is 16.7. The smallest absolute Gasteiger partial charge is 0.224 e. The lowest BCUT2D eigenvalue weighted by atomic mass is 10.1. The number of hydrogen-bond acceptors (Lipinski definition) is 3. The Morgan fingerprint density at radius 2 is 2.00 bits per heavy atom. The number of fused-ring (bicyclic) bond motifs is 1. The van der Waals surface area contributed by atoms with Crippen molar-refractivity contribution in [2.24, 2.45) is 0 Å². The van der Waals surface area contributed by atoms with Crippen LogP contribution in [0.3, 0.4) is 0 Å². The predicted molar refractivity (Wildman–Crippen MR) is 102 cm³/mol. The molecule has 1 aliphatic rings. The summed E-state index contributed by atoms with van der Waals surface area (Å²) in [7, 11) is 0. The highest BCUT2D eigenvalue weighted by atomic mass is 32.1. The molecule has 25 heavy (non-hydrogen) atoms. The van der Waals surface area contributed by atoms with E-state index >= 15 is 0 Å². The Kier molecular flexibility index (Phi) is 4.36. The summed E-state index contributed by atoms with van der Waals surface area (Å²) >= 11 is 1.65. The molecule has 0 radical (unpaired) electrons. The Bertz CT molecular complexity index is 898. The van der Waals surface area contributed by atoms with Gasteiger partial charge in [0.25, 0.3) is 0 Å². The molecular formula is C21H20N2OS. The van der Waals surface area contributed by atoms with Gasteiger partial charge in [0.15, 0.2) is 0 Å². The van der Waals surface area contributed by atoms with Gasteiger partial charge in [0.05, 0.1) is 23.2 Å². The minimum absolute atomic E-state index is 0.0824. The third-order valence-corrected chi connectivity index (χ3v) is 5.47. The van der Waals surface area contributed by atoms with Gasteiger partial charge in [-0.05, 0) is 36.5 Å². The summed E-state index contributed by atoms with van der Waals surface area (Å²) in [5.41, 5.74) is 5.75. The van der Waals surface area contributed by atoms with Gasteiger partial charge < -0.3 is 5.32 Å². The van der Waals surface area contributed by atoms with Crippen LogP contribution >= 0.6 is 11.3 Å². The maximum atomic E-state index is 12.4. The van der Waals surface area contributed by atoms with Crippen molar-refractivity contribution in [1.29, 1.82) is 0 Å². The monoisotopic (exact) mass is 348 g/mol. The van der Waals surface area contributed by atoms with E-state index in [4.69, 9.17) is 0 Å². The van der Waals surface area contributed by atoms with E-state index in [0.29, 0.717) is 6.42 Å². The third-order valence-electron chi connectivity index (χ3n) is 4.70. The maximum absolute atomic E-state index is 12.4. The van der Waals surface area contributed by atoms with Gasteiger partial charge in [0.1, 0.15) is 0 Å². The molecule has 126 valence electrons. The van der Waals surface area contributed by atoms with Crippen LogP contribution in [0.25, 0.3) is 11.3 Å². The summed E-state index contributed by atoms with van der Waals surface area (Å²) < 4.78 is 0. The summed E-state index contributed by atoms with van der Waals surface area (Å²) in [4.78, 5) is 16.9. The molecule has 3 nitrogen and oxygen atoms in total. The first-order valence-electron chi connectivity index (χ1n) is 8.57. The lowest BCUT2D eigenvalue weighted by molar-refractivity contribution is -0.121. The first-order chi connectivity index (χ1) is 12.2. The minimum Gasteiger partial charge on any atom is -0.349 e. The Balaban J connectivity index is 1.40. The molecule has 0 aliphatic heterocycles. The van der Waals surface area contributed by atoms with Crippen LogP contribution < -0.4 is 5.32 Å². The molecule has 0 saturated heterocycles. The largest absolute Gasteiger partial charge is 0.349 e. The van der Waals surface area contributed by atoms with E-state index in [-0.39, 0.29) is 11.9 Å². The van der Waals surface area contributed by atoms with Gasteiger partial charge in [-0.15, -0.1) is 11.3 Å². The summed E-state index contributed by atoms with van der Waals surface area (Å²) in [5.74, 6) is 0.0824. The molecule has 0 bridgehead atoms. The van der Waals surface area contributed by atoms with E-state index in [1.54, 1.807) is 11.3 Å². The van der Waals surface area contributed by atoms with Gasteiger partial charge in [0, 0.05) is 10.9 Å². The number of aromatic nitrogens is 1. The Morgan fingerprint density at radius 3 is 2.76 bits per heavy atom. The summed E-state index contributed by atoms with van der Waals surface area (Å²) in [5, 5.41) is 6.31. The quantitative estimate of drug-likeness (QED) is 0.756. The molecular weight excluding hydrogens is 328 g/mol. The lowest BCUT2D eigenvalue weighted by Gasteiger charge is -2.14. The fraction of sp³-hybridized carbons (Fsp3) is 0.238. The average Bonchev–Trinajstić information content (AvgIpc) is 3.22. The normalized spacial score (nSPS) is 15.8. The van der Waals surface area contributed by atoms with Crippen LogP contribution in [0.15, 0.2) is 53.9 Å². The van der Waals surface area contributed by atoms with E-state index in [0.717, 1.165) is 34.7 Å². The molecule has 1 aliphatic carbocycles. The van der Waals surface area contributed by atoms with Crippen LogP contribution in [-0.4, -0.2) is 10.9 Å². The first kappa shape index (κ1) is 16.0. The molecule has 0 fully saturated rings. The fourth-order valence-corrected chi connectivity index (χ4v) is 4.05. The second-order valence-corrected chi connectivity index (χ2v) is 7.55. The molecule has 4 rings (SSSR count). The first-order valence-corrected chi connectivity index (χ1v) is 9.45. The van der Waals surface area contributed by atoms with Gasteiger partial charge in [-0.25, -0.2) is 4.98 Å². The standard InChI is InChI=1S/C21H20N2OS/c1-14-22-20(13-25-14)17-8-6-15(7-9-17)12-21(24)23-19-11-10-16-4-2-3-5-18(16)19/h2-9,13,19H,10-12H2,1H3,(H,23,24)/t19-/m1/s1. The molecule has 1 amide bonds.